The highest BCUT2D eigenvalue weighted by Gasteiger charge is 2.15. The molecule has 0 saturated heterocycles. The molecule has 0 spiro atoms. The van der Waals surface area contributed by atoms with Crippen LogP contribution < -0.4 is 0 Å². The molecule has 0 fully saturated rings. The molecule has 0 radical (unpaired) electrons. The number of aromatic hydroxyl groups is 2. The largest absolute Gasteiger partial charge is 0.507 e. The van der Waals surface area contributed by atoms with Crippen LogP contribution in [0.1, 0.15) is 77.6 Å². The normalized spacial score (nSPS) is 12.5. The van der Waals surface area contributed by atoms with Crippen molar-refractivity contribution in [1.29, 1.82) is 0 Å². The molecule has 2 aromatic carbocycles. The van der Waals surface area contributed by atoms with Gasteiger partial charge in [0.1, 0.15) is 11.5 Å². The first-order chi connectivity index (χ1) is 14.9. The van der Waals surface area contributed by atoms with Gasteiger partial charge in [0, 0.05) is 23.6 Å². The van der Waals surface area contributed by atoms with Gasteiger partial charge in [0.15, 0.2) is 0 Å². The minimum Gasteiger partial charge on any atom is -0.507 e. The van der Waals surface area contributed by atoms with E-state index in [-0.39, 0.29) is 22.3 Å². The van der Waals surface area contributed by atoms with Crippen LogP contribution in [0.3, 0.4) is 0 Å². The molecule has 0 saturated carbocycles. The van der Waals surface area contributed by atoms with Crippen LogP contribution in [0.15, 0.2) is 58.5 Å². The van der Waals surface area contributed by atoms with Crippen LogP contribution in [-0.4, -0.2) is 35.7 Å². The molecule has 0 amide bonds. The zero-order valence-corrected chi connectivity index (χ0v) is 21.0. The van der Waals surface area contributed by atoms with E-state index in [1.54, 1.807) is 24.6 Å². The van der Waals surface area contributed by atoms with E-state index in [1.165, 1.54) is 0 Å². The summed E-state index contributed by atoms with van der Waals surface area (Å²) in [4.78, 5) is 8.75. The van der Waals surface area contributed by atoms with Crippen LogP contribution in [0.5, 0.6) is 11.5 Å². The molecular weight excluding hydrogens is 396 g/mol. The minimum absolute atomic E-state index is 0.0180. The van der Waals surface area contributed by atoms with E-state index in [9.17, 15) is 10.2 Å². The second-order valence-electron chi connectivity index (χ2n) is 9.78. The van der Waals surface area contributed by atoms with Crippen molar-refractivity contribution in [3.8, 4) is 11.5 Å². The number of allylic oxidation sites excluding steroid dienone is 2. The zero-order valence-electron chi connectivity index (χ0n) is 21.0. The van der Waals surface area contributed by atoms with Crippen molar-refractivity contribution in [1.82, 2.24) is 0 Å². The summed E-state index contributed by atoms with van der Waals surface area (Å²) in [5, 5.41) is 20.1. The molecule has 0 heterocycles. The summed E-state index contributed by atoms with van der Waals surface area (Å²) in [6.07, 6.45) is 7.38. The topological polar surface area (TPSA) is 65.2 Å². The Balaban J connectivity index is 0.00000118. The fraction of sp³-hybridized carbons (Fsp3) is 0.429. The lowest BCUT2D eigenvalue weighted by molar-refractivity contribution is 0.472. The molecule has 2 aromatic rings. The van der Waals surface area contributed by atoms with Gasteiger partial charge in [-0.25, -0.2) is 0 Å². The van der Waals surface area contributed by atoms with Crippen LogP contribution in [0, 0.1) is 0 Å². The quantitative estimate of drug-likeness (QED) is 0.307. The Morgan fingerprint density at radius 2 is 1.00 bits per heavy atom. The Hall–Kier alpha value is -2.88. The van der Waals surface area contributed by atoms with Gasteiger partial charge in [-0.05, 0) is 60.1 Å². The fourth-order valence-electron chi connectivity index (χ4n) is 2.69. The van der Waals surface area contributed by atoms with Crippen molar-refractivity contribution in [2.24, 2.45) is 9.98 Å². The van der Waals surface area contributed by atoms with Gasteiger partial charge >= 0.3 is 0 Å². The summed E-state index contributed by atoms with van der Waals surface area (Å²) in [7, 11) is 0. The monoisotopic (exact) mass is 436 g/mol. The Morgan fingerprint density at radius 1 is 0.656 bits per heavy atom. The number of hydrogen-bond donors (Lipinski definition) is 2. The van der Waals surface area contributed by atoms with E-state index in [1.807, 2.05) is 50.3 Å². The van der Waals surface area contributed by atoms with Crippen molar-refractivity contribution >= 4 is 12.4 Å². The van der Waals surface area contributed by atoms with E-state index in [2.05, 4.69) is 51.5 Å². The standard InChI is InChI=1S/C24H32N2O2.C4H8/c1-23(2,3)19-7-9-21(27)17(13-19)15-25-11-12-26-16-18-14-20(24(4,5)6)8-10-22(18)28;1-3-4-2/h7-10,13-16,27-28H,11-12H2,1-6H3;3-4H,1-2H3/b;4-3-. The van der Waals surface area contributed by atoms with Crippen LogP contribution in [-0.2, 0) is 10.8 Å². The SMILES string of the molecule is C/C=C\C.CC(C)(C)c1ccc(O)c(C=NCCN=Cc2cc(C(C)(C)C)ccc2O)c1. The molecule has 0 aliphatic rings. The fourth-order valence-corrected chi connectivity index (χ4v) is 2.69. The number of phenolic OH excluding ortho intramolecular Hbond substituents is 2. The first-order valence-electron chi connectivity index (χ1n) is 11.1. The molecule has 4 nitrogen and oxygen atoms in total. The molecule has 0 aromatic heterocycles. The van der Waals surface area contributed by atoms with Crippen LogP contribution in [0.25, 0.3) is 0 Å². The number of benzene rings is 2. The lowest BCUT2D eigenvalue weighted by atomic mass is 9.86. The molecule has 32 heavy (non-hydrogen) atoms. The van der Waals surface area contributed by atoms with Crippen molar-refractivity contribution in [3.63, 3.8) is 0 Å². The molecular formula is C28H40N2O2. The highest BCUT2D eigenvalue weighted by atomic mass is 16.3. The number of phenols is 2. The molecule has 0 atom stereocenters. The van der Waals surface area contributed by atoms with Gasteiger partial charge in [-0.3, -0.25) is 9.98 Å². The Morgan fingerprint density at radius 3 is 1.28 bits per heavy atom. The van der Waals surface area contributed by atoms with E-state index >= 15 is 0 Å². The van der Waals surface area contributed by atoms with E-state index < -0.39 is 0 Å². The average molecular weight is 437 g/mol. The van der Waals surface area contributed by atoms with Crippen molar-refractivity contribution in [2.45, 2.75) is 66.2 Å². The van der Waals surface area contributed by atoms with Gasteiger partial charge in [-0.15, -0.1) is 0 Å². The third kappa shape index (κ3) is 9.09. The third-order valence-corrected chi connectivity index (χ3v) is 4.94. The number of rotatable bonds is 5. The Bertz CT molecular complexity index is 865. The maximum atomic E-state index is 10.0. The van der Waals surface area contributed by atoms with Gasteiger partial charge in [0.25, 0.3) is 0 Å². The predicted octanol–water partition coefficient (Wildman–Crippen LogP) is 6.81. The summed E-state index contributed by atoms with van der Waals surface area (Å²) in [5.74, 6) is 0.452. The molecule has 0 unspecified atom stereocenters. The van der Waals surface area contributed by atoms with Crippen molar-refractivity contribution in [2.75, 3.05) is 13.1 Å². The summed E-state index contributed by atoms with van der Waals surface area (Å²) in [6.45, 7) is 17.8. The molecule has 174 valence electrons. The lowest BCUT2D eigenvalue weighted by Gasteiger charge is -2.19. The maximum Gasteiger partial charge on any atom is 0.124 e. The lowest BCUT2D eigenvalue weighted by Crippen LogP contribution is -2.11. The van der Waals surface area contributed by atoms with Crippen molar-refractivity contribution in [3.05, 3.63) is 70.8 Å². The Labute approximate surface area is 194 Å². The smallest absolute Gasteiger partial charge is 0.124 e. The molecule has 0 bridgehead atoms. The predicted molar refractivity (Wildman–Crippen MR) is 139 cm³/mol. The number of aliphatic imine (C=N–C) groups is 2. The first-order valence-corrected chi connectivity index (χ1v) is 11.1. The highest BCUT2D eigenvalue weighted by Crippen LogP contribution is 2.27. The highest BCUT2D eigenvalue weighted by molar-refractivity contribution is 5.84. The second-order valence-corrected chi connectivity index (χ2v) is 9.78. The summed E-state index contributed by atoms with van der Waals surface area (Å²) in [6, 6.07) is 11.2. The van der Waals surface area contributed by atoms with Gasteiger partial charge in [0.2, 0.25) is 0 Å². The van der Waals surface area contributed by atoms with Gasteiger partial charge in [-0.2, -0.15) is 0 Å². The average Bonchev–Trinajstić information content (AvgIpc) is 2.71. The molecule has 2 rings (SSSR count). The molecule has 4 heteroatoms. The van der Waals surface area contributed by atoms with Gasteiger partial charge < -0.3 is 10.2 Å². The zero-order chi connectivity index (χ0) is 24.4. The van der Waals surface area contributed by atoms with E-state index in [4.69, 9.17) is 0 Å². The van der Waals surface area contributed by atoms with Crippen LogP contribution >= 0.6 is 0 Å². The van der Waals surface area contributed by atoms with E-state index in [0.717, 1.165) is 11.1 Å². The van der Waals surface area contributed by atoms with Gasteiger partial charge in [-0.1, -0.05) is 65.8 Å². The van der Waals surface area contributed by atoms with Gasteiger partial charge in [0.05, 0.1) is 13.1 Å². The maximum absolute atomic E-state index is 10.0. The van der Waals surface area contributed by atoms with Crippen LogP contribution in [0.2, 0.25) is 0 Å². The third-order valence-electron chi connectivity index (χ3n) is 4.94. The second kappa shape index (κ2) is 12.2. The molecule has 2 N–H and O–H groups in total. The first kappa shape index (κ1) is 27.2. The summed E-state index contributed by atoms with van der Waals surface area (Å²) < 4.78 is 0. The van der Waals surface area contributed by atoms with E-state index in [0.29, 0.717) is 24.2 Å². The number of hydrogen-bond acceptors (Lipinski definition) is 4. The summed E-state index contributed by atoms with van der Waals surface area (Å²) in [5.41, 5.74) is 3.77. The minimum atomic E-state index is 0.0180. The molecule has 0 aliphatic heterocycles. The number of nitrogens with zero attached hydrogens (tertiary/aromatic N) is 2. The molecule has 0 aliphatic carbocycles. The van der Waals surface area contributed by atoms with Crippen molar-refractivity contribution < 1.29 is 10.2 Å². The Kier molecular flexibility index (Phi) is 10.4. The van der Waals surface area contributed by atoms with Crippen LogP contribution in [0.4, 0.5) is 0 Å². The summed E-state index contributed by atoms with van der Waals surface area (Å²) >= 11 is 0.